The summed E-state index contributed by atoms with van der Waals surface area (Å²) in [5.41, 5.74) is 1.96. The number of carbonyl (C=O) groups is 2. The smallest absolute Gasteiger partial charge is 0.308 e. The molecule has 1 aliphatic heterocycles. The van der Waals surface area contributed by atoms with E-state index in [-0.39, 0.29) is 23.7 Å². The van der Waals surface area contributed by atoms with Crippen LogP contribution >= 0.6 is 11.3 Å². The number of amidine groups is 1. The van der Waals surface area contributed by atoms with Crippen LogP contribution in [0.15, 0.2) is 34.2 Å². The molecular weight excluding hydrogens is 452 g/mol. The van der Waals surface area contributed by atoms with Gasteiger partial charge in [0.15, 0.2) is 6.61 Å². The average Bonchev–Trinajstić information content (AvgIpc) is 3.26. The van der Waals surface area contributed by atoms with Crippen molar-refractivity contribution in [3.63, 3.8) is 0 Å². The molecule has 11 heteroatoms. The second-order valence-corrected chi connectivity index (χ2v) is 10.1. The largest absolute Gasteiger partial charge is 0.456 e. The Bertz CT molecular complexity index is 1260. The molecule has 0 bridgehead atoms. The Morgan fingerprint density at radius 3 is 2.84 bits per heavy atom. The van der Waals surface area contributed by atoms with Gasteiger partial charge in [-0.3, -0.25) is 19.3 Å². The van der Waals surface area contributed by atoms with Gasteiger partial charge in [-0.05, 0) is 43.4 Å². The van der Waals surface area contributed by atoms with Gasteiger partial charge in [-0.1, -0.05) is 12.1 Å². The van der Waals surface area contributed by atoms with Crippen LogP contribution in [0.1, 0.15) is 40.8 Å². The molecule has 0 saturated carbocycles. The molecule has 9 nitrogen and oxygen atoms in total. The quantitative estimate of drug-likeness (QED) is 0.618. The van der Waals surface area contributed by atoms with Crippen molar-refractivity contribution in [2.45, 2.75) is 37.0 Å². The lowest BCUT2D eigenvalue weighted by molar-refractivity contribution is -0.147. The van der Waals surface area contributed by atoms with Crippen LogP contribution in [0.4, 0.5) is 5.00 Å². The Morgan fingerprint density at radius 2 is 2.03 bits per heavy atom. The van der Waals surface area contributed by atoms with Gasteiger partial charge in [-0.2, -0.15) is 5.26 Å². The molecule has 0 spiro atoms. The highest BCUT2D eigenvalue weighted by Gasteiger charge is 2.30. The number of hydrogen-bond donors (Lipinski definition) is 2. The highest BCUT2D eigenvalue weighted by Crippen LogP contribution is 2.37. The zero-order valence-corrected chi connectivity index (χ0v) is 18.6. The fourth-order valence-corrected chi connectivity index (χ4v) is 6.17. The van der Waals surface area contributed by atoms with Gasteiger partial charge in [-0.15, -0.1) is 11.3 Å². The maximum atomic E-state index is 12.2. The normalized spacial score (nSPS) is 17.0. The zero-order chi connectivity index (χ0) is 22.7. The van der Waals surface area contributed by atoms with Crippen LogP contribution in [0, 0.1) is 11.3 Å². The summed E-state index contributed by atoms with van der Waals surface area (Å²) >= 11 is 1.40. The van der Waals surface area contributed by atoms with Gasteiger partial charge in [0.05, 0.1) is 23.4 Å². The minimum Gasteiger partial charge on any atom is -0.456 e. The summed E-state index contributed by atoms with van der Waals surface area (Å²) in [4.78, 5) is 29.6. The maximum Gasteiger partial charge on any atom is 0.308 e. The number of sulfonamides is 1. The summed E-state index contributed by atoms with van der Waals surface area (Å²) in [6.45, 7) is -0.471. The SMILES string of the molecule is N#Cc1c(NC(=O)COC(=O)CCN=C2NS(=O)(=O)c3ccccc32)sc2c1CCCC2. The number of aliphatic imine (C=N–C) groups is 1. The van der Waals surface area contributed by atoms with E-state index in [1.807, 2.05) is 0 Å². The molecule has 32 heavy (non-hydrogen) atoms. The number of ether oxygens (including phenoxy) is 1. The first kappa shape index (κ1) is 22.0. The Hall–Kier alpha value is -3.23. The standard InChI is InChI=1S/C21H20N4O5S2/c22-11-15-13-5-1-3-7-16(13)31-21(15)24-18(26)12-30-19(27)9-10-23-20-14-6-2-4-8-17(14)32(28,29)25-20/h2,4,6,8H,1,3,5,7,9-10,12H2,(H,23,25)(H,24,26). The number of amides is 1. The van der Waals surface area contributed by atoms with Crippen molar-refractivity contribution in [2.75, 3.05) is 18.5 Å². The molecule has 2 aliphatic rings. The fourth-order valence-electron chi connectivity index (χ4n) is 3.66. The van der Waals surface area contributed by atoms with Gasteiger partial charge in [0, 0.05) is 10.4 Å². The van der Waals surface area contributed by atoms with E-state index >= 15 is 0 Å². The number of anilines is 1. The van der Waals surface area contributed by atoms with Crippen molar-refractivity contribution in [1.82, 2.24) is 4.72 Å². The number of nitrogens with one attached hydrogen (secondary N) is 2. The van der Waals surface area contributed by atoms with E-state index in [2.05, 4.69) is 21.1 Å². The number of esters is 1. The minimum absolute atomic E-state index is 0.00284. The summed E-state index contributed by atoms with van der Waals surface area (Å²) in [5.74, 6) is -0.973. The van der Waals surface area contributed by atoms with Gasteiger partial charge in [-0.25, -0.2) is 8.42 Å². The number of carbonyl (C=O) groups excluding carboxylic acids is 2. The molecular formula is C21H20N4O5S2. The van der Waals surface area contributed by atoms with Crippen LogP contribution in [0.3, 0.4) is 0 Å². The molecule has 1 aliphatic carbocycles. The second kappa shape index (κ2) is 9.10. The van der Waals surface area contributed by atoms with Crippen molar-refractivity contribution < 1.29 is 22.7 Å². The van der Waals surface area contributed by atoms with E-state index in [0.717, 1.165) is 36.1 Å². The monoisotopic (exact) mass is 472 g/mol. The van der Waals surface area contributed by atoms with E-state index in [0.29, 0.717) is 16.1 Å². The first-order valence-electron chi connectivity index (χ1n) is 10.1. The lowest BCUT2D eigenvalue weighted by Crippen LogP contribution is -2.23. The predicted octanol–water partition coefficient (Wildman–Crippen LogP) is 2.11. The van der Waals surface area contributed by atoms with E-state index < -0.39 is 28.5 Å². The summed E-state index contributed by atoms with van der Waals surface area (Å²) in [6.07, 6.45) is 3.73. The Kier molecular flexibility index (Phi) is 6.25. The predicted molar refractivity (Wildman–Crippen MR) is 118 cm³/mol. The van der Waals surface area contributed by atoms with E-state index in [1.165, 1.54) is 17.4 Å². The molecule has 0 fully saturated rings. The second-order valence-electron chi connectivity index (χ2n) is 7.32. The van der Waals surface area contributed by atoms with E-state index in [9.17, 15) is 23.3 Å². The van der Waals surface area contributed by atoms with Crippen LogP contribution < -0.4 is 10.0 Å². The van der Waals surface area contributed by atoms with Crippen LogP contribution in [0.2, 0.25) is 0 Å². The number of nitriles is 1. The molecule has 0 radical (unpaired) electrons. The summed E-state index contributed by atoms with van der Waals surface area (Å²) in [6, 6.07) is 8.60. The van der Waals surface area contributed by atoms with Gasteiger partial charge < -0.3 is 10.1 Å². The third kappa shape index (κ3) is 4.51. The van der Waals surface area contributed by atoms with E-state index in [1.54, 1.807) is 18.2 Å². The van der Waals surface area contributed by atoms with Crippen LogP contribution in [0.25, 0.3) is 0 Å². The van der Waals surface area contributed by atoms with Gasteiger partial charge in [0.2, 0.25) is 0 Å². The van der Waals surface area contributed by atoms with Crippen molar-refractivity contribution in [3.8, 4) is 6.07 Å². The third-order valence-electron chi connectivity index (χ3n) is 5.15. The van der Waals surface area contributed by atoms with Crippen LogP contribution in [-0.4, -0.2) is 39.3 Å². The molecule has 0 unspecified atom stereocenters. The maximum absolute atomic E-state index is 12.2. The molecule has 166 valence electrons. The average molecular weight is 473 g/mol. The number of benzene rings is 1. The number of rotatable bonds is 6. The first-order chi connectivity index (χ1) is 15.4. The number of hydrogen-bond acceptors (Lipinski definition) is 8. The lowest BCUT2D eigenvalue weighted by atomic mass is 9.96. The first-order valence-corrected chi connectivity index (χ1v) is 12.4. The topological polar surface area (TPSA) is 138 Å². The third-order valence-corrected chi connectivity index (χ3v) is 7.75. The number of fused-ring (bicyclic) bond motifs is 2. The number of thiophene rings is 1. The molecule has 1 aromatic heterocycles. The summed E-state index contributed by atoms with van der Waals surface area (Å²) < 4.78 is 31.5. The van der Waals surface area contributed by atoms with Gasteiger partial charge in [0.1, 0.15) is 16.9 Å². The Labute approximate surface area is 189 Å². The number of nitrogens with zero attached hydrogens (tertiary/aromatic N) is 2. The minimum atomic E-state index is -3.64. The highest BCUT2D eigenvalue weighted by atomic mass is 32.2. The zero-order valence-electron chi connectivity index (χ0n) is 17.0. The van der Waals surface area contributed by atoms with Crippen molar-refractivity contribution >= 4 is 44.1 Å². The summed E-state index contributed by atoms with van der Waals surface area (Å²) in [5, 5.41) is 12.6. The van der Waals surface area contributed by atoms with Gasteiger partial charge >= 0.3 is 5.97 Å². The molecule has 1 amide bonds. The molecule has 1 aromatic carbocycles. The van der Waals surface area contributed by atoms with Crippen LogP contribution in [0.5, 0.6) is 0 Å². The summed E-state index contributed by atoms with van der Waals surface area (Å²) in [7, 11) is -3.64. The van der Waals surface area contributed by atoms with Crippen molar-refractivity contribution in [3.05, 3.63) is 45.8 Å². The molecule has 0 saturated heterocycles. The van der Waals surface area contributed by atoms with Crippen molar-refractivity contribution in [2.24, 2.45) is 4.99 Å². The molecule has 2 aromatic rings. The van der Waals surface area contributed by atoms with Gasteiger partial charge in [0.25, 0.3) is 15.9 Å². The Balaban J connectivity index is 1.28. The molecule has 0 atom stereocenters. The lowest BCUT2D eigenvalue weighted by Gasteiger charge is -2.09. The molecule has 2 heterocycles. The molecule has 4 rings (SSSR count). The Morgan fingerprint density at radius 1 is 1.25 bits per heavy atom. The number of aryl methyl sites for hydroxylation is 1. The van der Waals surface area contributed by atoms with E-state index in [4.69, 9.17) is 4.74 Å². The molecule has 2 N–H and O–H groups in total. The highest BCUT2D eigenvalue weighted by molar-refractivity contribution is 7.90. The van der Waals surface area contributed by atoms with Crippen molar-refractivity contribution in [1.29, 1.82) is 5.26 Å². The van der Waals surface area contributed by atoms with Crippen LogP contribution in [-0.2, 0) is 37.2 Å². The fraction of sp³-hybridized carbons (Fsp3) is 0.333.